The number of thioether (sulfide) groups is 1. The smallest absolute Gasteiger partial charge is 0.256 e. The minimum absolute atomic E-state index is 0.170. The summed E-state index contributed by atoms with van der Waals surface area (Å²) in [4.78, 5) is 20.0. The molecule has 0 aromatic carbocycles. The van der Waals surface area contributed by atoms with Gasteiger partial charge in [-0.05, 0) is 31.2 Å². The summed E-state index contributed by atoms with van der Waals surface area (Å²) in [6.07, 6.45) is 5.26. The molecule has 0 bridgehead atoms. The Labute approximate surface area is 126 Å². The van der Waals surface area contributed by atoms with E-state index in [9.17, 15) is 4.79 Å². The number of aromatic nitrogens is 1. The maximum atomic E-state index is 12.6. The Morgan fingerprint density at radius 1 is 1.65 bits per heavy atom. The SMILES string of the molecule is C[C@H](Sc1ncco1)C(=O)N1CCC[C@H]1c1cccs1. The molecule has 2 aromatic heterocycles. The van der Waals surface area contributed by atoms with Crippen LogP contribution in [0.1, 0.15) is 30.7 Å². The minimum Gasteiger partial charge on any atom is -0.440 e. The fourth-order valence-electron chi connectivity index (χ4n) is 2.51. The standard InChI is InChI=1S/C14H16N2O2S2/c1-10(20-14-15-6-8-18-14)13(17)16-7-2-4-11(16)12-5-3-9-19-12/h3,5-6,8-11H,2,4,7H2,1H3/t10-,11-/m0/s1. The number of nitrogens with zero attached hydrogens (tertiary/aromatic N) is 2. The second kappa shape index (κ2) is 6.01. The van der Waals surface area contributed by atoms with Gasteiger partial charge in [-0.2, -0.15) is 0 Å². The van der Waals surface area contributed by atoms with Gasteiger partial charge in [-0.15, -0.1) is 11.3 Å². The van der Waals surface area contributed by atoms with Gasteiger partial charge in [0.1, 0.15) is 6.26 Å². The summed E-state index contributed by atoms with van der Waals surface area (Å²) < 4.78 is 5.20. The fraction of sp³-hybridized carbons (Fsp3) is 0.429. The molecular formula is C14H16N2O2S2. The number of carbonyl (C=O) groups is 1. The van der Waals surface area contributed by atoms with Crippen molar-refractivity contribution in [3.05, 3.63) is 34.8 Å². The first kappa shape index (κ1) is 13.7. The Hall–Kier alpha value is -1.27. The van der Waals surface area contributed by atoms with E-state index < -0.39 is 0 Å². The van der Waals surface area contributed by atoms with Gasteiger partial charge >= 0.3 is 0 Å². The fourth-order valence-corrected chi connectivity index (χ4v) is 4.16. The van der Waals surface area contributed by atoms with E-state index in [2.05, 4.69) is 16.4 Å². The lowest BCUT2D eigenvalue weighted by Crippen LogP contribution is -2.35. The van der Waals surface area contributed by atoms with Crippen LogP contribution >= 0.6 is 23.1 Å². The van der Waals surface area contributed by atoms with Gasteiger partial charge in [0, 0.05) is 11.4 Å². The Bertz CT molecular complexity index is 554. The van der Waals surface area contributed by atoms with Gasteiger partial charge in [0.25, 0.3) is 5.22 Å². The number of thiophene rings is 1. The maximum Gasteiger partial charge on any atom is 0.256 e. The highest BCUT2D eigenvalue weighted by molar-refractivity contribution is 8.00. The predicted molar refractivity (Wildman–Crippen MR) is 79.8 cm³/mol. The van der Waals surface area contributed by atoms with E-state index >= 15 is 0 Å². The average Bonchev–Trinajstić information content (AvgIpc) is 3.18. The van der Waals surface area contributed by atoms with Crippen LogP contribution in [0.3, 0.4) is 0 Å². The first-order valence-corrected chi connectivity index (χ1v) is 8.41. The van der Waals surface area contributed by atoms with E-state index in [1.54, 1.807) is 17.5 Å². The summed E-state index contributed by atoms with van der Waals surface area (Å²) in [5, 5.41) is 2.45. The molecule has 1 aliphatic heterocycles. The van der Waals surface area contributed by atoms with Crippen LogP contribution < -0.4 is 0 Å². The summed E-state index contributed by atoms with van der Waals surface area (Å²) in [5.74, 6) is 0.170. The van der Waals surface area contributed by atoms with Gasteiger partial charge in [0.05, 0.1) is 17.5 Å². The lowest BCUT2D eigenvalue weighted by Gasteiger charge is -2.26. The molecule has 1 amide bonds. The molecule has 0 radical (unpaired) electrons. The van der Waals surface area contributed by atoms with Crippen molar-refractivity contribution in [1.29, 1.82) is 0 Å². The monoisotopic (exact) mass is 308 g/mol. The second-order valence-electron chi connectivity index (χ2n) is 4.76. The van der Waals surface area contributed by atoms with E-state index in [1.165, 1.54) is 22.9 Å². The second-order valence-corrected chi connectivity index (χ2v) is 7.03. The van der Waals surface area contributed by atoms with Crippen molar-refractivity contribution in [3.63, 3.8) is 0 Å². The first-order chi connectivity index (χ1) is 9.75. The highest BCUT2D eigenvalue weighted by Crippen LogP contribution is 2.36. The third-order valence-corrected chi connectivity index (χ3v) is 5.37. The van der Waals surface area contributed by atoms with Crippen molar-refractivity contribution in [2.24, 2.45) is 0 Å². The third kappa shape index (κ3) is 2.76. The van der Waals surface area contributed by atoms with Crippen molar-refractivity contribution < 1.29 is 9.21 Å². The molecule has 0 aliphatic carbocycles. The lowest BCUT2D eigenvalue weighted by atomic mass is 10.2. The zero-order chi connectivity index (χ0) is 13.9. The molecule has 3 heterocycles. The Morgan fingerprint density at radius 3 is 3.25 bits per heavy atom. The quantitative estimate of drug-likeness (QED) is 0.810. The molecule has 1 saturated heterocycles. The molecule has 0 unspecified atom stereocenters. The van der Waals surface area contributed by atoms with E-state index in [0.717, 1.165) is 19.4 Å². The molecule has 0 N–H and O–H groups in total. The van der Waals surface area contributed by atoms with Gasteiger partial charge in [-0.1, -0.05) is 17.8 Å². The van der Waals surface area contributed by atoms with E-state index in [-0.39, 0.29) is 17.2 Å². The molecule has 0 saturated carbocycles. The van der Waals surface area contributed by atoms with Crippen LogP contribution in [0.4, 0.5) is 0 Å². The summed E-state index contributed by atoms with van der Waals surface area (Å²) in [5.41, 5.74) is 0. The molecule has 20 heavy (non-hydrogen) atoms. The number of carbonyl (C=O) groups excluding carboxylic acids is 1. The highest BCUT2D eigenvalue weighted by Gasteiger charge is 2.33. The molecule has 3 rings (SSSR count). The van der Waals surface area contributed by atoms with Gasteiger partial charge < -0.3 is 9.32 Å². The maximum absolute atomic E-state index is 12.6. The van der Waals surface area contributed by atoms with Crippen LogP contribution in [0.5, 0.6) is 0 Å². The van der Waals surface area contributed by atoms with Crippen LogP contribution in [0, 0.1) is 0 Å². The van der Waals surface area contributed by atoms with Gasteiger partial charge in [0.2, 0.25) is 5.91 Å². The summed E-state index contributed by atoms with van der Waals surface area (Å²) in [7, 11) is 0. The van der Waals surface area contributed by atoms with Crippen LogP contribution in [0.2, 0.25) is 0 Å². The molecular weight excluding hydrogens is 292 g/mol. The lowest BCUT2D eigenvalue weighted by molar-refractivity contribution is -0.131. The Morgan fingerprint density at radius 2 is 2.55 bits per heavy atom. The van der Waals surface area contributed by atoms with Gasteiger partial charge in [-0.3, -0.25) is 4.79 Å². The van der Waals surface area contributed by atoms with Gasteiger partial charge in [0.15, 0.2) is 0 Å². The molecule has 1 fully saturated rings. The topological polar surface area (TPSA) is 46.3 Å². The van der Waals surface area contributed by atoms with Crippen molar-refractivity contribution >= 4 is 29.0 Å². The van der Waals surface area contributed by atoms with Crippen molar-refractivity contribution in [2.75, 3.05) is 6.54 Å². The first-order valence-electron chi connectivity index (χ1n) is 6.66. The molecule has 2 atom stereocenters. The normalized spacial score (nSPS) is 20.2. The Kier molecular flexibility index (Phi) is 4.12. The molecule has 6 heteroatoms. The van der Waals surface area contributed by atoms with Crippen LogP contribution in [0.15, 0.2) is 39.6 Å². The third-order valence-electron chi connectivity index (χ3n) is 3.44. The average molecular weight is 308 g/mol. The predicted octanol–water partition coefficient (Wildman–Crippen LogP) is 3.58. The number of hydrogen-bond acceptors (Lipinski definition) is 5. The van der Waals surface area contributed by atoms with Crippen molar-refractivity contribution in [1.82, 2.24) is 9.88 Å². The Balaban J connectivity index is 1.69. The van der Waals surface area contributed by atoms with Crippen molar-refractivity contribution in [3.8, 4) is 0 Å². The summed E-state index contributed by atoms with van der Waals surface area (Å²) in [6.45, 7) is 2.76. The van der Waals surface area contributed by atoms with Crippen LogP contribution in [-0.4, -0.2) is 27.6 Å². The van der Waals surface area contributed by atoms with Crippen molar-refractivity contribution in [2.45, 2.75) is 36.3 Å². The highest BCUT2D eigenvalue weighted by atomic mass is 32.2. The molecule has 1 aliphatic rings. The number of hydrogen-bond donors (Lipinski definition) is 0. The molecule has 0 spiro atoms. The molecule has 106 valence electrons. The minimum atomic E-state index is -0.172. The van der Waals surface area contributed by atoms with E-state index in [4.69, 9.17) is 4.42 Å². The number of rotatable bonds is 4. The number of oxazole rings is 1. The number of likely N-dealkylation sites (tertiary alicyclic amines) is 1. The number of amides is 1. The zero-order valence-electron chi connectivity index (χ0n) is 11.2. The largest absolute Gasteiger partial charge is 0.440 e. The molecule has 2 aromatic rings. The zero-order valence-corrected chi connectivity index (χ0v) is 12.8. The summed E-state index contributed by atoms with van der Waals surface area (Å²) >= 11 is 3.11. The summed E-state index contributed by atoms with van der Waals surface area (Å²) in [6, 6.07) is 4.41. The van der Waals surface area contributed by atoms with Gasteiger partial charge in [-0.25, -0.2) is 4.98 Å². The van der Waals surface area contributed by atoms with E-state index in [0.29, 0.717) is 5.22 Å². The van der Waals surface area contributed by atoms with Crippen LogP contribution in [-0.2, 0) is 4.79 Å². The molecule has 4 nitrogen and oxygen atoms in total. The van der Waals surface area contributed by atoms with E-state index in [1.807, 2.05) is 17.9 Å². The van der Waals surface area contributed by atoms with Crippen LogP contribution in [0.25, 0.3) is 0 Å².